The summed E-state index contributed by atoms with van der Waals surface area (Å²) in [4.78, 5) is 41.7. The SMILES string of the molecule is Cc1ccc([N+](=O)[O-])cc1NC(=O)CCCc1nc2ccccc2c(=O)[nH]1. The quantitative estimate of drug-likeness (QED) is 0.513. The summed E-state index contributed by atoms with van der Waals surface area (Å²) in [5, 5.41) is 14.1. The lowest BCUT2D eigenvalue weighted by Gasteiger charge is -2.08. The summed E-state index contributed by atoms with van der Waals surface area (Å²) in [7, 11) is 0. The first kappa shape index (κ1) is 18.2. The van der Waals surface area contributed by atoms with Crippen molar-refractivity contribution in [3.05, 3.63) is 74.3 Å². The van der Waals surface area contributed by atoms with Gasteiger partial charge in [-0.05, 0) is 31.0 Å². The van der Waals surface area contributed by atoms with Gasteiger partial charge in [-0.15, -0.1) is 0 Å². The number of nitro benzene ring substituents is 1. The molecule has 0 aliphatic heterocycles. The van der Waals surface area contributed by atoms with Crippen molar-refractivity contribution >= 4 is 28.2 Å². The van der Waals surface area contributed by atoms with E-state index in [2.05, 4.69) is 15.3 Å². The van der Waals surface area contributed by atoms with Crippen LogP contribution in [0.25, 0.3) is 10.9 Å². The molecule has 1 heterocycles. The molecule has 0 spiro atoms. The van der Waals surface area contributed by atoms with Crippen molar-refractivity contribution in [3.8, 4) is 0 Å². The molecule has 0 atom stereocenters. The molecule has 0 aliphatic rings. The maximum Gasteiger partial charge on any atom is 0.271 e. The first-order valence-corrected chi connectivity index (χ1v) is 8.47. The van der Waals surface area contributed by atoms with Gasteiger partial charge in [-0.3, -0.25) is 19.7 Å². The lowest BCUT2D eigenvalue weighted by Crippen LogP contribution is -2.14. The fraction of sp³-hybridized carbons (Fsp3) is 0.211. The number of benzene rings is 2. The third kappa shape index (κ3) is 4.35. The molecule has 0 bridgehead atoms. The molecular formula is C19H18N4O4. The van der Waals surface area contributed by atoms with Gasteiger partial charge >= 0.3 is 0 Å². The molecular weight excluding hydrogens is 348 g/mol. The third-order valence-electron chi connectivity index (χ3n) is 4.19. The second-order valence-electron chi connectivity index (χ2n) is 6.19. The van der Waals surface area contributed by atoms with Gasteiger partial charge in [-0.25, -0.2) is 4.98 Å². The van der Waals surface area contributed by atoms with E-state index in [4.69, 9.17) is 0 Å². The molecule has 0 unspecified atom stereocenters. The Morgan fingerprint density at radius 1 is 1.26 bits per heavy atom. The molecule has 2 N–H and O–H groups in total. The van der Waals surface area contributed by atoms with Crippen molar-refractivity contribution in [2.45, 2.75) is 26.2 Å². The number of non-ortho nitro benzene ring substituents is 1. The fourth-order valence-electron chi connectivity index (χ4n) is 2.74. The van der Waals surface area contributed by atoms with Crippen LogP contribution in [0.2, 0.25) is 0 Å². The molecule has 0 radical (unpaired) electrons. The number of aromatic nitrogens is 2. The molecule has 8 nitrogen and oxygen atoms in total. The minimum Gasteiger partial charge on any atom is -0.326 e. The van der Waals surface area contributed by atoms with Crippen LogP contribution in [0.5, 0.6) is 0 Å². The van der Waals surface area contributed by atoms with Gasteiger partial charge in [0.25, 0.3) is 11.2 Å². The van der Waals surface area contributed by atoms with Crippen LogP contribution in [0.4, 0.5) is 11.4 Å². The average molecular weight is 366 g/mol. The number of H-pyrrole nitrogens is 1. The van der Waals surface area contributed by atoms with E-state index in [1.807, 2.05) is 6.07 Å². The molecule has 2 aromatic carbocycles. The number of nitro groups is 1. The highest BCUT2D eigenvalue weighted by Crippen LogP contribution is 2.22. The summed E-state index contributed by atoms with van der Waals surface area (Å²) < 4.78 is 0. The molecule has 1 amide bonds. The van der Waals surface area contributed by atoms with Crippen LogP contribution in [0, 0.1) is 17.0 Å². The molecule has 27 heavy (non-hydrogen) atoms. The van der Waals surface area contributed by atoms with E-state index in [0.717, 1.165) is 5.56 Å². The van der Waals surface area contributed by atoms with Crippen molar-refractivity contribution in [1.29, 1.82) is 0 Å². The maximum absolute atomic E-state index is 12.1. The number of aromatic amines is 1. The topological polar surface area (TPSA) is 118 Å². The van der Waals surface area contributed by atoms with Gasteiger partial charge in [0.05, 0.1) is 21.5 Å². The Balaban J connectivity index is 1.61. The number of carbonyl (C=O) groups excluding carboxylic acids is 1. The number of aryl methyl sites for hydroxylation is 2. The number of rotatable bonds is 6. The van der Waals surface area contributed by atoms with E-state index in [1.165, 1.54) is 12.1 Å². The zero-order chi connectivity index (χ0) is 19.4. The summed E-state index contributed by atoms with van der Waals surface area (Å²) in [6.07, 6.45) is 1.14. The standard InChI is InChI=1S/C19H18N4O4/c1-12-9-10-13(23(26)27)11-16(12)21-18(24)8-4-7-17-20-15-6-3-2-5-14(15)19(25)22-17/h2-3,5-6,9-11H,4,7-8H2,1H3,(H,21,24)(H,20,22,25). The van der Waals surface area contributed by atoms with Gasteiger partial charge in [0, 0.05) is 25.0 Å². The van der Waals surface area contributed by atoms with E-state index in [0.29, 0.717) is 35.3 Å². The molecule has 0 aliphatic carbocycles. The van der Waals surface area contributed by atoms with E-state index >= 15 is 0 Å². The fourth-order valence-corrected chi connectivity index (χ4v) is 2.74. The van der Waals surface area contributed by atoms with Crippen LogP contribution in [0.3, 0.4) is 0 Å². The van der Waals surface area contributed by atoms with Crippen LogP contribution in [0.15, 0.2) is 47.3 Å². The maximum atomic E-state index is 12.1. The number of anilines is 1. The number of nitrogens with zero attached hydrogens (tertiary/aromatic N) is 2. The highest BCUT2D eigenvalue weighted by atomic mass is 16.6. The van der Waals surface area contributed by atoms with Crippen LogP contribution in [-0.4, -0.2) is 20.8 Å². The number of amides is 1. The number of para-hydroxylation sites is 1. The number of fused-ring (bicyclic) bond motifs is 1. The average Bonchev–Trinajstić information content (AvgIpc) is 2.63. The molecule has 0 saturated carbocycles. The molecule has 3 aromatic rings. The lowest BCUT2D eigenvalue weighted by molar-refractivity contribution is -0.384. The third-order valence-corrected chi connectivity index (χ3v) is 4.19. The summed E-state index contributed by atoms with van der Waals surface area (Å²) in [5.74, 6) is 0.278. The van der Waals surface area contributed by atoms with E-state index < -0.39 is 4.92 Å². The van der Waals surface area contributed by atoms with Crippen molar-refractivity contribution in [2.75, 3.05) is 5.32 Å². The summed E-state index contributed by atoms with van der Waals surface area (Å²) >= 11 is 0. The Morgan fingerprint density at radius 2 is 2.04 bits per heavy atom. The zero-order valence-corrected chi connectivity index (χ0v) is 14.7. The Kier molecular flexibility index (Phi) is 5.25. The van der Waals surface area contributed by atoms with E-state index in [-0.39, 0.29) is 23.6 Å². The van der Waals surface area contributed by atoms with E-state index in [1.54, 1.807) is 31.2 Å². The first-order valence-electron chi connectivity index (χ1n) is 8.47. The second-order valence-corrected chi connectivity index (χ2v) is 6.19. The van der Waals surface area contributed by atoms with Crippen molar-refractivity contribution in [1.82, 2.24) is 9.97 Å². The Morgan fingerprint density at radius 3 is 2.81 bits per heavy atom. The first-order chi connectivity index (χ1) is 12.9. The molecule has 1 aromatic heterocycles. The van der Waals surface area contributed by atoms with E-state index in [9.17, 15) is 19.7 Å². The highest BCUT2D eigenvalue weighted by Gasteiger charge is 2.11. The molecule has 138 valence electrons. The minimum atomic E-state index is -0.503. The van der Waals surface area contributed by atoms with Gasteiger partial charge in [0.15, 0.2) is 0 Å². The number of hydrogen-bond acceptors (Lipinski definition) is 5. The van der Waals surface area contributed by atoms with Gasteiger partial charge in [-0.1, -0.05) is 18.2 Å². The van der Waals surface area contributed by atoms with Crippen LogP contribution >= 0.6 is 0 Å². The zero-order valence-electron chi connectivity index (χ0n) is 14.7. The predicted octanol–water partition coefficient (Wildman–Crippen LogP) is 3.10. The monoisotopic (exact) mass is 366 g/mol. The largest absolute Gasteiger partial charge is 0.326 e. The summed E-state index contributed by atoms with van der Waals surface area (Å²) in [6.45, 7) is 1.77. The van der Waals surface area contributed by atoms with Crippen molar-refractivity contribution in [3.63, 3.8) is 0 Å². The van der Waals surface area contributed by atoms with Crippen LogP contribution < -0.4 is 10.9 Å². The van der Waals surface area contributed by atoms with Crippen LogP contribution in [0.1, 0.15) is 24.2 Å². The Labute approximate surface area is 154 Å². The van der Waals surface area contributed by atoms with Gasteiger partial charge in [0.1, 0.15) is 5.82 Å². The minimum absolute atomic E-state index is 0.0751. The predicted molar refractivity (Wildman–Crippen MR) is 102 cm³/mol. The molecule has 0 fully saturated rings. The van der Waals surface area contributed by atoms with Crippen molar-refractivity contribution in [2.24, 2.45) is 0 Å². The normalized spacial score (nSPS) is 10.7. The summed E-state index contributed by atoms with van der Waals surface area (Å²) in [5.41, 5.74) is 1.51. The van der Waals surface area contributed by atoms with Crippen LogP contribution in [-0.2, 0) is 11.2 Å². The summed E-state index contributed by atoms with van der Waals surface area (Å²) in [6, 6.07) is 11.4. The molecule has 8 heteroatoms. The highest BCUT2D eigenvalue weighted by molar-refractivity contribution is 5.91. The number of nitrogens with one attached hydrogen (secondary N) is 2. The molecule has 0 saturated heterocycles. The number of carbonyl (C=O) groups is 1. The lowest BCUT2D eigenvalue weighted by atomic mass is 10.1. The van der Waals surface area contributed by atoms with Gasteiger partial charge < -0.3 is 10.3 Å². The van der Waals surface area contributed by atoms with Gasteiger partial charge in [-0.2, -0.15) is 0 Å². The molecule has 3 rings (SSSR count). The Bertz CT molecular complexity index is 1070. The second kappa shape index (κ2) is 7.77. The Hall–Kier alpha value is -3.55. The van der Waals surface area contributed by atoms with Crippen molar-refractivity contribution < 1.29 is 9.72 Å². The number of hydrogen-bond donors (Lipinski definition) is 2. The van der Waals surface area contributed by atoms with Gasteiger partial charge in [0.2, 0.25) is 5.91 Å². The smallest absolute Gasteiger partial charge is 0.271 e.